The maximum Gasteiger partial charge on any atom is 0.246 e. The molecular weight excluding hydrogens is 336 g/mol. The molecule has 0 aromatic heterocycles. The third kappa shape index (κ3) is 5.44. The number of aryl methyl sites for hydroxylation is 1. The van der Waals surface area contributed by atoms with Crippen LogP contribution in [-0.2, 0) is 11.3 Å². The largest absolute Gasteiger partial charge is 0.494 e. The van der Waals surface area contributed by atoms with E-state index in [1.165, 1.54) is 11.1 Å². The summed E-state index contributed by atoms with van der Waals surface area (Å²) >= 11 is 0. The third-order valence-electron chi connectivity index (χ3n) is 4.92. The van der Waals surface area contributed by atoms with E-state index in [1.807, 2.05) is 48.2 Å². The maximum atomic E-state index is 12.5. The van der Waals surface area contributed by atoms with E-state index < -0.39 is 0 Å². The van der Waals surface area contributed by atoms with Crippen LogP contribution in [0.3, 0.4) is 0 Å². The van der Waals surface area contributed by atoms with Crippen molar-refractivity contribution < 1.29 is 9.53 Å². The van der Waals surface area contributed by atoms with E-state index in [0.717, 1.165) is 44.0 Å². The van der Waals surface area contributed by atoms with Gasteiger partial charge in [0.1, 0.15) is 5.75 Å². The molecular formula is C23H28N2O2. The number of benzene rings is 2. The molecule has 4 nitrogen and oxygen atoms in total. The Labute approximate surface area is 162 Å². The number of rotatable bonds is 6. The molecule has 0 unspecified atom stereocenters. The zero-order chi connectivity index (χ0) is 19.1. The number of ether oxygens (including phenoxy) is 1. The molecule has 1 saturated heterocycles. The molecule has 1 fully saturated rings. The lowest BCUT2D eigenvalue weighted by Gasteiger charge is -2.34. The van der Waals surface area contributed by atoms with E-state index >= 15 is 0 Å². The van der Waals surface area contributed by atoms with Crippen LogP contribution in [0.5, 0.6) is 5.75 Å². The predicted molar refractivity (Wildman–Crippen MR) is 110 cm³/mol. The quantitative estimate of drug-likeness (QED) is 0.732. The summed E-state index contributed by atoms with van der Waals surface area (Å²) in [6.45, 7) is 8.99. The van der Waals surface area contributed by atoms with Crippen LogP contribution in [0, 0.1) is 6.92 Å². The Hall–Kier alpha value is -2.59. The Bertz CT molecular complexity index is 775. The molecule has 3 rings (SSSR count). The molecule has 0 N–H and O–H groups in total. The van der Waals surface area contributed by atoms with E-state index in [0.29, 0.717) is 6.61 Å². The highest BCUT2D eigenvalue weighted by molar-refractivity contribution is 5.92. The monoisotopic (exact) mass is 364 g/mol. The smallest absolute Gasteiger partial charge is 0.246 e. The Morgan fingerprint density at radius 3 is 2.41 bits per heavy atom. The number of piperazine rings is 1. The number of nitrogens with zero attached hydrogens (tertiary/aromatic N) is 2. The SMILES string of the molecule is CCOc1ccc(CN2CCN(C(=O)C=Cc3ccccc3C)CC2)cc1. The van der Waals surface area contributed by atoms with E-state index in [-0.39, 0.29) is 5.91 Å². The molecule has 2 aromatic carbocycles. The number of carbonyl (C=O) groups excluding carboxylic acids is 1. The minimum Gasteiger partial charge on any atom is -0.494 e. The summed E-state index contributed by atoms with van der Waals surface area (Å²) in [7, 11) is 0. The number of hydrogen-bond acceptors (Lipinski definition) is 3. The van der Waals surface area contributed by atoms with Gasteiger partial charge in [0.15, 0.2) is 0 Å². The topological polar surface area (TPSA) is 32.8 Å². The fourth-order valence-corrected chi connectivity index (χ4v) is 3.28. The van der Waals surface area contributed by atoms with Crippen LogP contribution >= 0.6 is 0 Å². The molecule has 0 bridgehead atoms. The molecule has 142 valence electrons. The lowest BCUT2D eigenvalue weighted by molar-refractivity contribution is -0.127. The first kappa shape index (κ1) is 19.2. The van der Waals surface area contributed by atoms with Crippen molar-refractivity contribution in [2.45, 2.75) is 20.4 Å². The van der Waals surface area contributed by atoms with Gasteiger partial charge in [-0.3, -0.25) is 9.69 Å². The Morgan fingerprint density at radius 1 is 1.04 bits per heavy atom. The summed E-state index contributed by atoms with van der Waals surface area (Å²) in [5, 5.41) is 0. The second kappa shape index (κ2) is 9.38. The highest BCUT2D eigenvalue weighted by Gasteiger charge is 2.19. The Kier molecular flexibility index (Phi) is 6.66. The van der Waals surface area contributed by atoms with Crippen molar-refractivity contribution in [2.24, 2.45) is 0 Å². The van der Waals surface area contributed by atoms with Crippen molar-refractivity contribution in [1.29, 1.82) is 0 Å². The molecule has 0 saturated carbocycles. The molecule has 0 aliphatic carbocycles. The van der Waals surface area contributed by atoms with Gasteiger partial charge in [0.05, 0.1) is 6.61 Å². The van der Waals surface area contributed by atoms with Crippen molar-refractivity contribution in [3.05, 3.63) is 71.3 Å². The average Bonchev–Trinajstić information content (AvgIpc) is 2.69. The zero-order valence-corrected chi connectivity index (χ0v) is 16.2. The molecule has 0 spiro atoms. The van der Waals surface area contributed by atoms with Gasteiger partial charge >= 0.3 is 0 Å². The van der Waals surface area contributed by atoms with E-state index in [9.17, 15) is 4.79 Å². The zero-order valence-electron chi connectivity index (χ0n) is 16.2. The van der Waals surface area contributed by atoms with Crippen molar-refractivity contribution >= 4 is 12.0 Å². The van der Waals surface area contributed by atoms with Crippen LogP contribution < -0.4 is 4.74 Å². The van der Waals surface area contributed by atoms with E-state index in [1.54, 1.807) is 6.08 Å². The van der Waals surface area contributed by atoms with Crippen LogP contribution in [0.4, 0.5) is 0 Å². The highest BCUT2D eigenvalue weighted by atomic mass is 16.5. The first-order valence-corrected chi connectivity index (χ1v) is 9.62. The van der Waals surface area contributed by atoms with Crippen molar-refractivity contribution in [2.75, 3.05) is 32.8 Å². The maximum absolute atomic E-state index is 12.5. The summed E-state index contributed by atoms with van der Waals surface area (Å²) in [5.41, 5.74) is 3.55. The van der Waals surface area contributed by atoms with E-state index in [2.05, 4.69) is 30.0 Å². The molecule has 1 aliphatic rings. The standard InChI is InChI=1S/C23H28N2O2/c1-3-27-22-11-8-20(9-12-22)18-24-14-16-25(17-15-24)23(26)13-10-21-7-5-4-6-19(21)2/h4-13H,3,14-18H2,1-2H3. The van der Waals surface area contributed by atoms with Gasteiger partial charge in [0.25, 0.3) is 0 Å². The highest BCUT2D eigenvalue weighted by Crippen LogP contribution is 2.15. The first-order valence-electron chi connectivity index (χ1n) is 9.62. The van der Waals surface area contributed by atoms with Gasteiger partial charge < -0.3 is 9.64 Å². The molecule has 4 heteroatoms. The van der Waals surface area contributed by atoms with Gasteiger partial charge in [0.2, 0.25) is 5.91 Å². The van der Waals surface area contributed by atoms with Crippen LogP contribution in [0.1, 0.15) is 23.6 Å². The van der Waals surface area contributed by atoms with Gasteiger partial charge in [-0.2, -0.15) is 0 Å². The summed E-state index contributed by atoms with van der Waals surface area (Å²) in [6.07, 6.45) is 3.62. The minimum atomic E-state index is 0.0963. The number of carbonyl (C=O) groups is 1. The second-order valence-electron chi connectivity index (χ2n) is 6.87. The summed E-state index contributed by atoms with van der Waals surface area (Å²) in [5.74, 6) is 1.01. The summed E-state index contributed by atoms with van der Waals surface area (Å²) < 4.78 is 5.49. The van der Waals surface area contributed by atoms with Gasteiger partial charge in [-0.25, -0.2) is 0 Å². The van der Waals surface area contributed by atoms with Crippen molar-refractivity contribution in [1.82, 2.24) is 9.80 Å². The fraction of sp³-hybridized carbons (Fsp3) is 0.348. The molecule has 2 aromatic rings. The van der Waals surface area contributed by atoms with Crippen molar-refractivity contribution in [3.63, 3.8) is 0 Å². The number of hydrogen-bond donors (Lipinski definition) is 0. The predicted octanol–water partition coefficient (Wildman–Crippen LogP) is 3.75. The lowest BCUT2D eigenvalue weighted by Crippen LogP contribution is -2.47. The average molecular weight is 364 g/mol. The van der Waals surface area contributed by atoms with Crippen LogP contribution in [0.15, 0.2) is 54.6 Å². The van der Waals surface area contributed by atoms with Gasteiger partial charge in [0, 0.05) is 38.8 Å². The molecule has 1 amide bonds. The third-order valence-corrected chi connectivity index (χ3v) is 4.92. The summed E-state index contributed by atoms with van der Waals surface area (Å²) in [6, 6.07) is 16.4. The number of amides is 1. The fourth-order valence-electron chi connectivity index (χ4n) is 3.28. The molecule has 1 aliphatic heterocycles. The van der Waals surface area contributed by atoms with Crippen LogP contribution in [-0.4, -0.2) is 48.5 Å². The Balaban J connectivity index is 1.48. The first-order chi connectivity index (χ1) is 13.2. The van der Waals surface area contributed by atoms with Crippen LogP contribution in [0.2, 0.25) is 0 Å². The van der Waals surface area contributed by atoms with E-state index in [4.69, 9.17) is 4.74 Å². The lowest BCUT2D eigenvalue weighted by atomic mass is 10.1. The van der Waals surface area contributed by atoms with Crippen LogP contribution in [0.25, 0.3) is 6.08 Å². The van der Waals surface area contributed by atoms with Crippen molar-refractivity contribution in [3.8, 4) is 5.75 Å². The molecule has 1 heterocycles. The normalized spacial score (nSPS) is 15.3. The molecule has 27 heavy (non-hydrogen) atoms. The second-order valence-corrected chi connectivity index (χ2v) is 6.87. The molecule has 0 radical (unpaired) electrons. The minimum absolute atomic E-state index is 0.0963. The Morgan fingerprint density at radius 2 is 1.74 bits per heavy atom. The van der Waals surface area contributed by atoms with Gasteiger partial charge in [-0.15, -0.1) is 0 Å². The summed E-state index contributed by atoms with van der Waals surface area (Å²) in [4.78, 5) is 16.8. The molecule has 0 atom stereocenters. The van der Waals surface area contributed by atoms with Gasteiger partial charge in [-0.1, -0.05) is 36.4 Å². The van der Waals surface area contributed by atoms with Gasteiger partial charge in [-0.05, 0) is 48.7 Å².